The first kappa shape index (κ1) is 26.4. The molecule has 196 valence electrons. The molecule has 0 aliphatic heterocycles. The van der Waals surface area contributed by atoms with Gasteiger partial charge >= 0.3 is 5.97 Å². The molecule has 0 atom stereocenters. The predicted molar refractivity (Wildman–Crippen MR) is 142 cm³/mol. The highest BCUT2D eigenvalue weighted by molar-refractivity contribution is 6.05. The molecule has 0 spiro atoms. The van der Waals surface area contributed by atoms with Gasteiger partial charge in [-0.15, -0.1) is 0 Å². The highest BCUT2D eigenvalue weighted by Crippen LogP contribution is 2.32. The summed E-state index contributed by atoms with van der Waals surface area (Å²) < 4.78 is 10.3. The summed E-state index contributed by atoms with van der Waals surface area (Å²) in [5.41, 5.74) is 3.13. The Labute approximate surface area is 220 Å². The molecular weight excluding hydrogens is 486 g/mol. The zero-order chi connectivity index (χ0) is 27.1. The molecule has 1 saturated carbocycles. The molecule has 38 heavy (non-hydrogen) atoms. The lowest BCUT2D eigenvalue weighted by atomic mass is 10.1. The van der Waals surface area contributed by atoms with Crippen LogP contribution in [0.25, 0.3) is 0 Å². The lowest BCUT2D eigenvalue weighted by Crippen LogP contribution is -2.32. The average molecular weight is 516 g/mol. The van der Waals surface area contributed by atoms with Crippen molar-refractivity contribution in [2.45, 2.75) is 32.4 Å². The molecule has 9 nitrogen and oxygen atoms in total. The maximum Gasteiger partial charge on any atom is 0.337 e. The number of nitrogens with zero attached hydrogens (tertiary/aromatic N) is 1. The van der Waals surface area contributed by atoms with E-state index in [0.29, 0.717) is 53.4 Å². The van der Waals surface area contributed by atoms with Gasteiger partial charge in [0, 0.05) is 29.4 Å². The van der Waals surface area contributed by atoms with Gasteiger partial charge in [0.05, 0.1) is 25.0 Å². The van der Waals surface area contributed by atoms with E-state index < -0.39 is 5.97 Å². The molecule has 0 bridgehead atoms. The minimum atomic E-state index is -0.483. The van der Waals surface area contributed by atoms with Gasteiger partial charge in [0.25, 0.3) is 11.8 Å². The largest absolute Gasteiger partial charge is 0.492 e. The van der Waals surface area contributed by atoms with Gasteiger partial charge in [-0.25, -0.2) is 4.79 Å². The van der Waals surface area contributed by atoms with E-state index >= 15 is 0 Å². The van der Waals surface area contributed by atoms with E-state index in [2.05, 4.69) is 10.6 Å². The molecule has 0 saturated heterocycles. The molecule has 3 aromatic rings. The Hall–Kier alpha value is -4.66. The third kappa shape index (κ3) is 6.36. The van der Waals surface area contributed by atoms with Crippen molar-refractivity contribution in [1.29, 1.82) is 0 Å². The molecule has 0 unspecified atom stereocenters. The number of hydrogen-bond donors (Lipinski definition) is 2. The highest BCUT2D eigenvalue weighted by atomic mass is 16.5. The first-order chi connectivity index (χ1) is 18.4. The smallest absolute Gasteiger partial charge is 0.337 e. The Morgan fingerprint density at radius 1 is 0.974 bits per heavy atom. The third-order valence-corrected chi connectivity index (χ3v) is 6.10. The molecule has 3 aromatic carbocycles. The predicted octanol–water partition coefficient (Wildman–Crippen LogP) is 4.50. The summed E-state index contributed by atoms with van der Waals surface area (Å²) in [6, 6.07) is 18.7. The molecule has 4 rings (SSSR count). The summed E-state index contributed by atoms with van der Waals surface area (Å²) in [6.07, 6.45) is 2.43. The van der Waals surface area contributed by atoms with Crippen LogP contribution in [-0.4, -0.2) is 48.9 Å². The number of benzene rings is 3. The normalized spacial score (nSPS) is 12.3. The van der Waals surface area contributed by atoms with Crippen molar-refractivity contribution in [2.24, 2.45) is 0 Å². The summed E-state index contributed by atoms with van der Waals surface area (Å²) in [5.74, 6) is -0.490. The van der Waals surface area contributed by atoms with Gasteiger partial charge in [-0.1, -0.05) is 18.2 Å². The number of rotatable bonds is 11. The Bertz CT molecular complexity index is 1330. The van der Waals surface area contributed by atoms with Crippen LogP contribution in [0.5, 0.6) is 5.75 Å². The van der Waals surface area contributed by atoms with E-state index in [9.17, 15) is 19.2 Å². The lowest BCUT2D eigenvalue weighted by molar-refractivity contribution is -0.105. The molecule has 0 heterocycles. The van der Waals surface area contributed by atoms with Crippen LogP contribution < -0.4 is 15.4 Å². The first-order valence-electron chi connectivity index (χ1n) is 12.3. The minimum absolute atomic E-state index is 0.126. The molecule has 2 N–H and O–H groups in total. The van der Waals surface area contributed by atoms with Gasteiger partial charge in [0.1, 0.15) is 5.75 Å². The molecule has 1 fully saturated rings. The van der Waals surface area contributed by atoms with Crippen molar-refractivity contribution in [3.05, 3.63) is 89.0 Å². The second-order valence-corrected chi connectivity index (χ2v) is 8.79. The van der Waals surface area contributed by atoms with E-state index in [1.54, 1.807) is 54.6 Å². The number of hydrogen-bond acceptors (Lipinski definition) is 6. The van der Waals surface area contributed by atoms with E-state index in [-0.39, 0.29) is 17.9 Å². The fourth-order valence-electron chi connectivity index (χ4n) is 4.04. The number of esters is 1. The van der Waals surface area contributed by atoms with Crippen LogP contribution in [0.2, 0.25) is 0 Å². The van der Waals surface area contributed by atoms with Crippen LogP contribution in [0.3, 0.4) is 0 Å². The monoisotopic (exact) mass is 515 g/mol. The van der Waals surface area contributed by atoms with E-state index in [4.69, 9.17) is 9.47 Å². The number of methoxy groups -OCH3 is 1. The van der Waals surface area contributed by atoms with Crippen LogP contribution in [0.1, 0.15) is 56.4 Å². The van der Waals surface area contributed by atoms with Crippen LogP contribution in [0, 0.1) is 0 Å². The Kier molecular flexibility index (Phi) is 8.37. The summed E-state index contributed by atoms with van der Waals surface area (Å²) in [6.45, 7) is 2.62. The van der Waals surface area contributed by atoms with E-state index in [1.165, 1.54) is 7.11 Å². The summed E-state index contributed by atoms with van der Waals surface area (Å²) in [5, 5.41) is 5.37. The summed E-state index contributed by atoms with van der Waals surface area (Å²) >= 11 is 0. The van der Waals surface area contributed by atoms with E-state index in [1.807, 2.05) is 24.0 Å². The maximum absolute atomic E-state index is 13.4. The number of carbonyl (C=O) groups excluding carboxylic acids is 4. The van der Waals surface area contributed by atoms with Gasteiger partial charge in [-0.05, 0) is 73.9 Å². The summed E-state index contributed by atoms with van der Waals surface area (Å²) in [7, 11) is 1.30. The zero-order valence-electron chi connectivity index (χ0n) is 21.2. The number of carbonyl (C=O) groups is 4. The fourth-order valence-corrected chi connectivity index (χ4v) is 4.04. The Morgan fingerprint density at radius 2 is 1.71 bits per heavy atom. The third-order valence-electron chi connectivity index (χ3n) is 6.10. The van der Waals surface area contributed by atoms with E-state index in [0.717, 1.165) is 18.4 Å². The highest BCUT2D eigenvalue weighted by Gasteiger charge is 2.33. The second-order valence-electron chi connectivity index (χ2n) is 8.79. The van der Waals surface area contributed by atoms with Gasteiger partial charge in [0.15, 0.2) is 0 Å². The summed E-state index contributed by atoms with van der Waals surface area (Å²) in [4.78, 5) is 50.6. The molecular formula is C29H29N3O6. The van der Waals surface area contributed by atoms with Crippen LogP contribution in [-0.2, 0) is 16.1 Å². The van der Waals surface area contributed by atoms with Crippen molar-refractivity contribution in [3.63, 3.8) is 0 Å². The molecule has 3 amide bonds. The molecule has 0 radical (unpaired) electrons. The van der Waals surface area contributed by atoms with Gasteiger partial charge in [0.2, 0.25) is 6.41 Å². The second kappa shape index (κ2) is 12.1. The number of anilines is 2. The topological polar surface area (TPSA) is 114 Å². The van der Waals surface area contributed by atoms with Crippen molar-refractivity contribution < 1.29 is 28.7 Å². The van der Waals surface area contributed by atoms with Crippen molar-refractivity contribution in [1.82, 2.24) is 4.90 Å². The quantitative estimate of drug-likeness (QED) is 0.287. The fraction of sp³-hybridized carbons (Fsp3) is 0.241. The molecule has 9 heteroatoms. The minimum Gasteiger partial charge on any atom is -0.492 e. The molecule has 1 aliphatic rings. The number of ether oxygens (including phenoxy) is 2. The van der Waals surface area contributed by atoms with Gasteiger partial charge < -0.3 is 25.0 Å². The SMILES string of the molecule is CCOc1cc(C(=O)N(Cc2ccc(C(=O)Nc3cccc(C(=O)OC)c3)cc2)C2CC2)ccc1NC=O. The maximum atomic E-state index is 13.4. The van der Waals surface area contributed by atoms with Crippen LogP contribution in [0.15, 0.2) is 66.7 Å². The van der Waals surface area contributed by atoms with Gasteiger partial charge in [-0.2, -0.15) is 0 Å². The number of nitrogens with one attached hydrogen (secondary N) is 2. The first-order valence-corrected chi connectivity index (χ1v) is 12.3. The average Bonchev–Trinajstić information content (AvgIpc) is 3.78. The Balaban J connectivity index is 1.45. The Morgan fingerprint density at radius 3 is 2.37 bits per heavy atom. The van der Waals surface area contributed by atoms with Gasteiger partial charge in [-0.3, -0.25) is 14.4 Å². The molecule has 1 aliphatic carbocycles. The van der Waals surface area contributed by atoms with Crippen molar-refractivity contribution in [3.8, 4) is 5.75 Å². The van der Waals surface area contributed by atoms with Crippen molar-refractivity contribution in [2.75, 3.05) is 24.4 Å². The molecule has 0 aromatic heterocycles. The van der Waals surface area contributed by atoms with Crippen molar-refractivity contribution >= 4 is 35.6 Å². The lowest BCUT2D eigenvalue weighted by Gasteiger charge is -2.23. The number of amides is 3. The van der Waals surface area contributed by atoms with Crippen LogP contribution >= 0.6 is 0 Å². The standard InChI is InChI=1S/C29H29N3O6/c1-3-38-26-16-21(11-14-25(26)30-18-33)28(35)32(24-12-13-24)17-19-7-9-20(10-8-19)27(34)31-23-6-4-5-22(15-23)29(36)37-2/h4-11,14-16,18,24H,3,12-13,17H2,1-2H3,(H,30,33)(H,31,34). The van der Waals surface area contributed by atoms with Crippen LogP contribution in [0.4, 0.5) is 11.4 Å². The zero-order valence-corrected chi connectivity index (χ0v) is 21.2.